The van der Waals surface area contributed by atoms with Crippen LogP contribution in [-0.2, 0) is 4.79 Å². The molecule has 0 aromatic rings. The van der Waals surface area contributed by atoms with E-state index in [1.54, 1.807) is 0 Å². The average molecular weight is 184 g/mol. The predicted octanol–water partition coefficient (Wildman–Crippen LogP) is 1.17. The van der Waals surface area contributed by atoms with Gasteiger partial charge in [-0.1, -0.05) is 19.8 Å². The van der Waals surface area contributed by atoms with Crippen LogP contribution in [0.1, 0.15) is 45.4 Å². The third-order valence-electron chi connectivity index (χ3n) is 2.69. The number of nitrogens with one attached hydrogen (secondary N) is 1. The summed E-state index contributed by atoms with van der Waals surface area (Å²) in [6, 6.07) is 0.456. The standard InChI is InChI=1S/C10H20N2O/c1-2-8(11)7-10(13)12-9-5-3-4-6-9/h8-9H,2-7,11H2,1H3,(H,12,13). The van der Waals surface area contributed by atoms with Crippen molar-refractivity contribution in [2.24, 2.45) is 5.73 Å². The molecular formula is C10H20N2O. The first-order valence-electron chi connectivity index (χ1n) is 5.27. The smallest absolute Gasteiger partial charge is 0.221 e. The van der Waals surface area contributed by atoms with Crippen LogP contribution in [0.2, 0.25) is 0 Å². The first-order valence-corrected chi connectivity index (χ1v) is 5.27. The summed E-state index contributed by atoms with van der Waals surface area (Å²) in [6.45, 7) is 2.01. The Hall–Kier alpha value is -0.570. The number of amides is 1. The topological polar surface area (TPSA) is 55.1 Å². The molecule has 3 heteroatoms. The van der Waals surface area contributed by atoms with Crippen molar-refractivity contribution in [3.05, 3.63) is 0 Å². The molecule has 0 aromatic heterocycles. The molecule has 0 heterocycles. The Morgan fingerprint density at radius 2 is 2.15 bits per heavy atom. The fourth-order valence-electron chi connectivity index (χ4n) is 1.74. The molecule has 1 amide bonds. The summed E-state index contributed by atoms with van der Waals surface area (Å²) < 4.78 is 0. The highest BCUT2D eigenvalue weighted by Crippen LogP contribution is 2.17. The second-order valence-corrected chi connectivity index (χ2v) is 3.92. The van der Waals surface area contributed by atoms with Gasteiger partial charge in [-0.15, -0.1) is 0 Å². The second-order valence-electron chi connectivity index (χ2n) is 3.92. The van der Waals surface area contributed by atoms with Crippen LogP contribution in [0.25, 0.3) is 0 Å². The van der Waals surface area contributed by atoms with Gasteiger partial charge in [-0.05, 0) is 19.3 Å². The Labute approximate surface area is 80.1 Å². The molecule has 0 spiro atoms. The molecule has 1 unspecified atom stereocenters. The van der Waals surface area contributed by atoms with Crippen LogP contribution in [0.4, 0.5) is 0 Å². The molecule has 13 heavy (non-hydrogen) atoms. The first kappa shape index (κ1) is 10.5. The second kappa shape index (κ2) is 5.22. The van der Waals surface area contributed by atoms with Crippen LogP contribution in [-0.4, -0.2) is 18.0 Å². The van der Waals surface area contributed by atoms with E-state index in [-0.39, 0.29) is 11.9 Å². The van der Waals surface area contributed by atoms with E-state index in [4.69, 9.17) is 5.73 Å². The summed E-state index contributed by atoms with van der Waals surface area (Å²) in [5.74, 6) is 0.126. The summed E-state index contributed by atoms with van der Waals surface area (Å²) in [7, 11) is 0. The van der Waals surface area contributed by atoms with Crippen molar-refractivity contribution >= 4 is 5.91 Å². The maximum atomic E-state index is 11.4. The number of hydrogen-bond acceptors (Lipinski definition) is 2. The van der Waals surface area contributed by atoms with Gasteiger partial charge < -0.3 is 11.1 Å². The van der Waals surface area contributed by atoms with Crippen molar-refractivity contribution in [2.45, 2.75) is 57.5 Å². The van der Waals surface area contributed by atoms with Crippen LogP contribution in [0.5, 0.6) is 0 Å². The predicted molar refractivity (Wildman–Crippen MR) is 53.3 cm³/mol. The van der Waals surface area contributed by atoms with E-state index >= 15 is 0 Å². The molecule has 0 radical (unpaired) electrons. The highest BCUT2D eigenvalue weighted by atomic mass is 16.1. The van der Waals surface area contributed by atoms with Crippen molar-refractivity contribution in [1.29, 1.82) is 0 Å². The van der Waals surface area contributed by atoms with Gasteiger partial charge in [0.05, 0.1) is 0 Å². The SMILES string of the molecule is CCC(N)CC(=O)NC1CCCC1. The average Bonchev–Trinajstić information content (AvgIpc) is 2.56. The Kier molecular flexibility index (Phi) is 4.22. The summed E-state index contributed by atoms with van der Waals surface area (Å²) in [5.41, 5.74) is 5.69. The van der Waals surface area contributed by atoms with Gasteiger partial charge in [-0.2, -0.15) is 0 Å². The Bertz CT molecular complexity index is 164. The minimum Gasteiger partial charge on any atom is -0.353 e. The monoisotopic (exact) mass is 184 g/mol. The molecule has 0 saturated heterocycles. The molecule has 1 aliphatic rings. The molecule has 3 nitrogen and oxygen atoms in total. The molecule has 1 aliphatic carbocycles. The molecule has 1 fully saturated rings. The van der Waals surface area contributed by atoms with Gasteiger partial charge in [-0.3, -0.25) is 4.79 Å². The molecule has 0 aliphatic heterocycles. The van der Waals surface area contributed by atoms with Crippen LogP contribution in [0.15, 0.2) is 0 Å². The van der Waals surface area contributed by atoms with Crippen LogP contribution >= 0.6 is 0 Å². The zero-order valence-electron chi connectivity index (χ0n) is 8.38. The fourth-order valence-corrected chi connectivity index (χ4v) is 1.74. The molecule has 1 saturated carbocycles. The summed E-state index contributed by atoms with van der Waals surface area (Å²) in [4.78, 5) is 11.4. The van der Waals surface area contributed by atoms with Gasteiger partial charge in [0.15, 0.2) is 0 Å². The number of carbonyl (C=O) groups is 1. The molecule has 1 rings (SSSR count). The third-order valence-corrected chi connectivity index (χ3v) is 2.69. The maximum Gasteiger partial charge on any atom is 0.221 e. The lowest BCUT2D eigenvalue weighted by atomic mass is 10.1. The highest BCUT2D eigenvalue weighted by Gasteiger charge is 2.17. The number of hydrogen-bond donors (Lipinski definition) is 2. The summed E-state index contributed by atoms with van der Waals surface area (Å²) in [5, 5.41) is 3.03. The molecule has 76 valence electrons. The van der Waals surface area contributed by atoms with Crippen molar-refractivity contribution in [1.82, 2.24) is 5.32 Å². The lowest BCUT2D eigenvalue weighted by Crippen LogP contribution is -2.36. The summed E-state index contributed by atoms with van der Waals surface area (Å²) in [6.07, 6.45) is 6.15. The zero-order chi connectivity index (χ0) is 9.68. The van der Waals surface area contributed by atoms with E-state index in [0.29, 0.717) is 12.5 Å². The van der Waals surface area contributed by atoms with Gasteiger partial charge in [0, 0.05) is 18.5 Å². The molecule has 1 atom stereocenters. The van der Waals surface area contributed by atoms with Gasteiger partial charge >= 0.3 is 0 Å². The zero-order valence-corrected chi connectivity index (χ0v) is 8.38. The van der Waals surface area contributed by atoms with Gasteiger partial charge in [0.1, 0.15) is 0 Å². The normalized spacial score (nSPS) is 20.2. The quantitative estimate of drug-likeness (QED) is 0.689. The third kappa shape index (κ3) is 3.77. The van der Waals surface area contributed by atoms with Crippen LogP contribution < -0.4 is 11.1 Å². The fraction of sp³-hybridized carbons (Fsp3) is 0.900. The van der Waals surface area contributed by atoms with E-state index in [9.17, 15) is 4.79 Å². The number of rotatable bonds is 4. The Morgan fingerprint density at radius 1 is 1.54 bits per heavy atom. The largest absolute Gasteiger partial charge is 0.353 e. The van der Waals surface area contributed by atoms with Crippen molar-refractivity contribution in [3.63, 3.8) is 0 Å². The van der Waals surface area contributed by atoms with E-state index in [1.807, 2.05) is 6.92 Å². The van der Waals surface area contributed by atoms with E-state index in [0.717, 1.165) is 19.3 Å². The molecule has 3 N–H and O–H groups in total. The molecule has 0 bridgehead atoms. The van der Waals surface area contributed by atoms with Crippen molar-refractivity contribution < 1.29 is 4.79 Å². The number of carbonyl (C=O) groups excluding carboxylic acids is 1. The Balaban J connectivity index is 2.16. The molecule has 0 aromatic carbocycles. The van der Waals surface area contributed by atoms with E-state index in [2.05, 4.69) is 5.32 Å². The number of nitrogens with two attached hydrogens (primary N) is 1. The summed E-state index contributed by atoms with van der Waals surface area (Å²) >= 11 is 0. The minimum atomic E-state index is 0.0291. The van der Waals surface area contributed by atoms with Crippen LogP contribution in [0, 0.1) is 0 Å². The van der Waals surface area contributed by atoms with Gasteiger partial charge in [0.25, 0.3) is 0 Å². The lowest BCUT2D eigenvalue weighted by molar-refractivity contribution is -0.122. The van der Waals surface area contributed by atoms with Crippen molar-refractivity contribution in [3.8, 4) is 0 Å². The van der Waals surface area contributed by atoms with Gasteiger partial charge in [0.2, 0.25) is 5.91 Å². The molecular weight excluding hydrogens is 164 g/mol. The Morgan fingerprint density at radius 3 is 2.69 bits per heavy atom. The van der Waals surface area contributed by atoms with Gasteiger partial charge in [-0.25, -0.2) is 0 Å². The van der Waals surface area contributed by atoms with Crippen molar-refractivity contribution in [2.75, 3.05) is 0 Å². The van der Waals surface area contributed by atoms with E-state index in [1.165, 1.54) is 12.8 Å². The lowest BCUT2D eigenvalue weighted by Gasteiger charge is -2.13. The highest BCUT2D eigenvalue weighted by molar-refractivity contribution is 5.76. The maximum absolute atomic E-state index is 11.4. The first-order chi connectivity index (χ1) is 6.22. The van der Waals surface area contributed by atoms with Crippen LogP contribution in [0.3, 0.4) is 0 Å². The minimum absolute atomic E-state index is 0.0291. The van der Waals surface area contributed by atoms with E-state index < -0.39 is 0 Å².